The minimum atomic E-state index is -1.29. The number of aliphatic carboxylic acids is 1. The molecule has 114 valence electrons. The van der Waals surface area contributed by atoms with Gasteiger partial charge in [0, 0.05) is 0 Å². The number of amides is 1. The van der Waals surface area contributed by atoms with Crippen molar-refractivity contribution in [3.05, 3.63) is 53.5 Å². The lowest BCUT2D eigenvalue weighted by Crippen LogP contribution is -2.28. The molecular formula is C15H13N2O5-. The maximum atomic E-state index is 11.8. The van der Waals surface area contributed by atoms with Crippen LogP contribution < -0.4 is 15.3 Å². The quantitative estimate of drug-likeness (QED) is 0.617. The molecule has 0 aliphatic rings. The molecule has 2 rings (SSSR count). The number of carboxylic acids is 1. The normalized spacial score (nSPS) is 10.6. The van der Waals surface area contributed by atoms with Gasteiger partial charge in [-0.25, -0.2) is 5.43 Å². The fourth-order valence-electron chi connectivity index (χ4n) is 1.64. The Kier molecular flexibility index (Phi) is 4.92. The Morgan fingerprint density at radius 3 is 2.64 bits per heavy atom. The number of hydrogen-bond acceptors (Lipinski definition) is 6. The van der Waals surface area contributed by atoms with Crippen LogP contribution in [0, 0.1) is 6.92 Å². The van der Waals surface area contributed by atoms with Crippen LogP contribution in [-0.4, -0.2) is 24.7 Å². The predicted octanol–water partition coefficient (Wildman–Crippen LogP) is 0.481. The van der Waals surface area contributed by atoms with Crippen LogP contribution in [0.2, 0.25) is 0 Å². The van der Waals surface area contributed by atoms with Crippen molar-refractivity contribution in [2.24, 2.45) is 5.10 Å². The Bertz CT molecular complexity index is 688. The van der Waals surface area contributed by atoms with Gasteiger partial charge in [-0.2, -0.15) is 5.10 Å². The third kappa shape index (κ3) is 4.20. The highest BCUT2D eigenvalue weighted by Gasteiger charge is 2.09. The second kappa shape index (κ2) is 7.07. The van der Waals surface area contributed by atoms with E-state index in [1.165, 1.54) is 12.5 Å². The van der Waals surface area contributed by atoms with E-state index in [0.29, 0.717) is 22.6 Å². The van der Waals surface area contributed by atoms with Crippen LogP contribution in [0.5, 0.6) is 5.75 Å². The maximum absolute atomic E-state index is 11.8. The molecule has 0 bridgehead atoms. The zero-order valence-corrected chi connectivity index (χ0v) is 11.7. The van der Waals surface area contributed by atoms with Crippen LogP contribution in [0.25, 0.3) is 0 Å². The lowest BCUT2D eigenvalue weighted by Gasteiger charge is -2.06. The van der Waals surface area contributed by atoms with Crippen molar-refractivity contribution < 1.29 is 23.8 Å². The molecule has 7 nitrogen and oxygen atoms in total. The first-order valence-electron chi connectivity index (χ1n) is 6.36. The summed E-state index contributed by atoms with van der Waals surface area (Å²) in [6, 6.07) is 8.08. The molecule has 0 radical (unpaired) electrons. The lowest BCUT2D eigenvalue weighted by molar-refractivity contribution is -0.307. The zero-order valence-electron chi connectivity index (χ0n) is 11.7. The van der Waals surface area contributed by atoms with Crippen molar-refractivity contribution in [1.82, 2.24) is 5.43 Å². The molecule has 7 heteroatoms. The standard InChI is InChI=1S/C15H14N2O5/c1-10-13(6-7-21-10)15(20)17-16-8-11-2-4-12(5-3-11)22-9-14(18)19/h2-8H,9H2,1H3,(H,17,20)(H,18,19)/p-1/b16-8-. The summed E-state index contributed by atoms with van der Waals surface area (Å²) >= 11 is 0. The number of aryl methyl sites for hydroxylation is 1. The molecule has 0 saturated carbocycles. The first-order valence-corrected chi connectivity index (χ1v) is 6.36. The third-order valence-electron chi connectivity index (χ3n) is 2.72. The summed E-state index contributed by atoms with van der Waals surface area (Å²) in [6.45, 7) is 1.18. The molecule has 0 fully saturated rings. The van der Waals surface area contributed by atoms with E-state index in [1.807, 2.05) is 0 Å². The third-order valence-corrected chi connectivity index (χ3v) is 2.72. The van der Waals surface area contributed by atoms with Crippen molar-refractivity contribution >= 4 is 18.1 Å². The van der Waals surface area contributed by atoms with Crippen LogP contribution in [0.1, 0.15) is 21.7 Å². The van der Waals surface area contributed by atoms with Gasteiger partial charge in [-0.15, -0.1) is 0 Å². The molecule has 1 aromatic carbocycles. The molecular weight excluding hydrogens is 288 g/mol. The summed E-state index contributed by atoms with van der Waals surface area (Å²) in [5, 5.41) is 14.1. The van der Waals surface area contributed by atoms with Gasteiger partial charge in [-0.05, 0) is 42.8 Å². The molecule has 1 amide bonds. The molecule has 0 spiro atoms. The summed E-state index contributed by atoms with van der Waals surface area (Å²) in [6.07, 6.45) is 2.88. The fourth-order valence-corrected chi connectivity index (χ4v) is 1.64. The van der Waals surface area contributed by atoms with E-state index in [1.54, 1.807) is 37.3 Å². The number of carboxylic acid groups (broad SMARTS) is 1. The van der Waals surface area contributed by atoms with Gasteiger partial charge in [0.2, 0.25) is 0 Å². The molecule has 22 heavy (non-hydrogen) atoms. The minimum Gasteiger partial charge on any atom is -0.546 e. The van der Waals surface area contributed by atoms with Crippen LogP contribution in [-0.2, 0) is 4.79 Å². The monoisotopic (exact) mass is 301 g/mol. The Morgan fingerprint density at radius 2 is 2.05 bits per heavy atom. The van der Waals surface area contributed by atoms with Crippen molar-refractivity contribution in [3.8, 4) is 5.75 Å². The van der Waals surface area contributed by atoms with Crippen LogP contribution in [0.4, 0.5) is 0 Å². The number of ether oxygens (including phenoxy) is 1. The smallest absolute Gasteiger partial charge is 0.274 e. The number of hydrogen-bond donors (Lipinski definition) is 1. The predicted molar refractivity (Wildman–Crippen MR) is 75.4 cm³/mol. The van der Waals surface area contributed by atoms with Gasteiger partial charge >= 0.3 is 0 Å². The lowest BCUT2D eigenvalue weighted by atomic mass is 10.2. The molecule has 0 aliphatic heterocycles. The van der Waals surface area contributed by atoms with Gasteiger partial charge in [0.1, 0.15) is 18.1 Å². The van der Waals surface area contributed by atoms with E-state index in [0.717, 1.165) is 0 Å². The maximum Gasteiger partial charge on any atom is 0.274 e. The van der Waals surface area contributed by atoms with Crippen molar-refractivity contribution in [1.29, 1.82) is 0 Å². The topological polar surface area (TPSA) is 104 Å². The van der Waals surface area contributed by atoms with Gasteiger partial charge in [0.15, 0.2) is 0 Å². The van der Waals surface area contributed by atoms with Gasteiger partial charge in [-0.3, -0.25) is 4.79 Å². The van der Waals surface area contributed by atoms with Gasteiger partial charge in [-0.1, -0.05) is 0 Å². The van der Waals surface area contributed by atoms with Crippen LogP contribution in [0.3, 0.4) is 0 Å². The van der Waals surface area contributed by atoms with E-state index in [4.69, 9.17) is 9.15 Å². The highest BCUT2D eigenvalue weighted by Crippen LogP contribution is 2.11. The molecule has 1 heterocycles. The van der Waals surface area contributed by atoms with E-state index < -0.39 is 12.6 Å². The van der Waals surface area contributed by atoms with Crippen molar-refractivity contribution in [3.63, 3.8) is 0 Å². The van der Waals surface area contributed by atoms with E-state index in [2.05, 4.69) is 10.5 Å². The second-order valence-electron chi connectivity index (χ2n) is 4.32. The van der Waals surface area contributed by atoms with Gasteiger partial charge in [0.05, 0.1) is 24.0 Å². The summed E-state index contributed by atoms with van der Waals surface area (Å²) < 4.78 is 9.97. The summed E-state index contributed by atoms with van der Waals surface area (Å²) in [5.74, 6) is -0.735. The number of carbonyl (C=O) groups is 2. The van der Waals surface area contributed by atoms with Crippen molar-refractivity contribution in [2.45, 2.75) is 6.92 Å². The number of hydrazone groups is 1. The average Bonchev–Trinajstić information content (AvgIpc) is 2.92. The first-order chi connectivity index (χ1) is 10.6. The van der Waals surface area contributed by atoms with E-state index >= 15 is 0 Å². The van der Waals surface area contributed by atoms with Crippen molar-refractivity contribution in [2.75, 3.05) is 6.61 Å². The number of benzene rings is 1. The second-order valence-corrected chi connectivity index (χ2v) is 4.32. The molecule has 1 N–H and O–H groups in total. The van der Waals surface area contributed by atoms with Crippen LogP contribution >= 0.6 is 0 Å². The number of rotatable bonds is 6. The molecule has 2 aromatic rings. The van der Waals surface area contributed by atoms with E-state index in [9.17, 15) is 14.7 Å². The highest BCUT2D eigenvalue weighted by atomic mass is 16.5. The van der Waals surface area contributed by atoms with Crippen LogP contribution in [0.15, 0.2) is 46.1 Å². The Hall–Kier alpha value is -3.09. The SMILES string of the molecule is Cc1occc1C(=O)N/N=C\c1ccc(OCC(=O)[O-])cc1. The fraction of sp³-hybridized carbons (Fsp3) is 0.133. The molecule has 0 atom stereocenters. The largest absolute Gasteiger partial charge is 0.546 e. The Balaban J connectivity index is 1.89. The number of carbonyl (C=O) groups excluding carboxylic acids is 2. The zero-order chi connectivity index (χ0) is 15.9. The molecule has 0 saturated heterocycles. The molecule has 0 aliphatic carbocycles. The number of nitrogens with one attached hydrogen (secondary N) is 1. The summed E-state index contributed by atoms with van der Waals surface area (Å²) in [5.41, 5.74) is 3.51. The molecule has 1 aromatic heterocycles. The Morgan fingerprint density at radius 1 is 1.32 bits per heavy atom. The number of nitrogens with zero attached hydrogens (tertiary/aromatic N) is 1. The summed E-state index contributed by atoms with van der Waals surface area (Å²) in [4.78, 5) is 22.0. The summed E-state index contributed by atoms with van der Waals surface area (Å²) in [7, 11) is 0. The van der Waals surface area contributed by atoms with Gasteiger partial charge < -0.3 is 19.1 Å². The number of furan rings is 1. The highest BCUT2D eigenvalue weighted by molar-refractivity contribution is 5.95. The first kappa shape index (κ1) is 15.3. The Labute approximate surface area is 126 Å². The minimum absolute atomic E-state index is 0.364. The molecule has 0 unspecified atom stereocenters. The van der Waals surface area contributed by atoms with E-state index in [-0.39, 0.29) is 5.91 Å². The average molecular weight is 301 g/mol. The van der Waals surface area contributed by atoms with Gasteiger partial charge in [0.25, 0.3) is 5.91 Å².